The Morgan fingerprint density at radius 3 is 2.30 bits per heavy atom. The maximum atomic E-state index is 12.1. The molecular weight excluding hydrogens is 250 g/mol. The van der Waals surface area contributed by atoms with Gasteiger partial charge in [0, 0.05) is 37.6 Å². The second-order valence-corrected chi connectivity index (χ2v) is 6.57. The average molecular weight is 275 g/mol. The molecule has 1 amide bonds. The van der Waals surface area contributed by atoms with Crippen LogP contribution in [0.25, 0.3) is 0 Å². The van der Waals surface area contributed by atoms with Gasteiger partial charge in [-0.2, -0.15) is 0 Å². The van der Waals surface area contributed by atoms with Crippen LogP contribution in [0, 0.1) is 0 Å². The minimum atomic E-state index is -0.190. The Bertz CT molecular complexity index is 454. The van der Waals surface area contributed by atoms with Crippen molar-refractivity contribution in [2.75, 3.05) is 6.54 Å². The molecule has 0 bridgehead atoms. The van der Waals surface area contributed by atoms with Crippen LogP contribution in [0.15, 0.2) is 24.3 Å². The first-order valence-corrected chi connectivity index (χ1v) is 7.21. The standard InChI is InChI=1S/C16H25N3O/c1-16(2,3)18-15(20)8-14(9-17)19-10-12-6-4-5-7-13(12)11-19/h4-7,14H,8-11,17H2,1-3H3,(H,18,20). The average Bonchev–Trinajstić information content (AvgIpc) is 2.77. The number of carbonyl (C=O) groups excluding carboxylic acids is 1. The number of amides is 1. The van der Waals surface area contributed by atoms with Gasteiger partial charge in [0.1, 0.15) is 0 Å². The first kappa shape index (κ1) is 15.0. The third-order valence-corrected chi connectivity index (χ3v) is 3.59. The highest BCUT2D eigenvalue weighted by atomic mass is 16.1. The van der Waals surface area contributed by atoms with Crippen LogP contribution in [0.5, 0.6) is 0 Å². The molecule has 0 fully saturated rings. The summed E-state index contributed by atoms with van der Waals surface area (Å²) >= 11 is 0. The number of hydrogen-bond donors (Lipinski definition) is 2. The third kappa shape index (κ3) is 3.81. The Kier molecular flexibility index (Phi) is 4.45. The molecule has 1 atom stereocenters. The lowest BCUT2D eigenvalue weighted by atomic mass is 10.1. The molecule has 0 saturated carbocycles. The molecule has 0 saturated heterocycles. The molecule has 0 spiro atoms. The van der Waals surface area contributed by atoms with Crippen LogP contribution in [-0.4, -0.2) is 28.9 Å². The zero-order chi connectivity index (χ0) is 14.8. The van der Waals surface area contributed by atoms with Crippen molar-refractivity contribution in [3.63, 3.8) is 0 Å². The van der Waals surface area contributed by atoms with Crippen LogP contribution in [0.2, 0.25) is 0 Å². The Hall–Kier alpha value is -1.39. The summed E-state index contributed by atoms with van der Waals surface area (Å²) in [5.41, 5.74) is 8.39. The Balaban J connectivity index is 1.96. The second-order valence-electron chi connectivity index (χ2n) is 6.57. The lowest BCUT2D eigenvalue weighted by molar-refractivity contribution is -0.123. The van der Waals surface area contributed by atoms with Gasteiger partial charge in [-0.05, 0) is 31.9 Å². The monoisotopic (exact) mass is 275 g/mol. The summed E-state index contributed by atoms with van der Waals surface area (Å²) in [7, 11) is 0. The molecule has 4 nitrogen and oxygen atoms in total. The van der Waals surface area contributed by atoms with Gasteiger partial charge in [0.05, 0.1) is 0 Å². The van der Waals surface area contributed by atoms with Gasteiger partial charge in [0.2, 0.25) is 5.91 Å². The summed E-state index contributed by atoms with van der Waals surface area (Å²) < 4.78 is 0. The summed E-state index contributed by atoms with van der Waals surface area (Å²) in [6.45, 7) is 8.27. The van der Waals surface area contributed by atoms with E-state index in [4.69, 9.17) is 5.73 Å². The molecule has 1 unspecified atom stereocenters. The Labute approximate surface area is 121 Å². The molecule has 1 aromatic carbocycles. The van der Waals surface area contributed by atoms with Crippen molar-refractivity contribution in [1.82, 2.24) is 10.2 Å². The van der Waals surface area contributed by atoms with Crippen molar-refractivity contribution in [1.29, 1.82) is 0 Å². The van der Waals surface area contributed by atoms with Crippen LogP contribution in [0.3, 0.4) is 0 Å². The molecule has 1 heterocycles. The fourth-order valence-corrected chi connectivity index (χ4v) is 2.66. The molecule has 110 valence electrons. The minimum Gasteiger partial charge on any atom is -0.351 e. The number of hydrogen-bond acceptors (Lipinski definition) is 3. The third-order valence-electron chi connectivity index (χ3n) is 3.59. The van der Waals surface area contributed by atoms with Crippen molar-refractivity contribution in [3.05, 3.63) is 35.4 Å². The number of carbonyl (C=O) groups is 1. The largest absolute Gasteiger partial charge is 0.351 e. The van der Waals surface area contributed by atoms with Gasteiger partial charge in [-0.15, -0.1) is 0 Å². The number of nitrogens with one attached hydrogen (secondary N) is 1. The SMILES string of the molecule is CC(C)(C)NC(=O)CC(CN)N1Cc2ccccc2C1. The molecule has 20 heavy (non-hydrogen) atoms. The van der Waals surface area contributed by atoms with Crippen molar-refractivity contribution >= 4 is 5.91 Å². The molecular formula is C16H25N3O. The predicted molar refractivity (Wildman–Crippen MR) is 81.0 cm³/mol. The molecule has 0 aromatic heterocycles. The number of benzene rings is 1. The van der Waals surface area contributed by atoms with Crippen LogP contribution in [0.1, 0.15) is 38.3 Å². The van der Waals surface area contributed by atoms with E-state index in [1.807, 2.05) is 20.8 Å². The zero-order valence-electron chi connectivity index (χ0n) is 12.6. The van der Waals surface area contributed by atoms with E-state index in [9.17, 15) is 4.79 Å². The summed E-state index contributed by atoms with van der Waals surface area (Å²) in [5, 5.41) is 3.01. The van der Waals surface area contributed by atoms with Crippen LogP contribution in [-0.2, 0) is 17.9 Å². The fourth-order valence-electron chi connectivity index (χ4n) is 2.66. The van der Waals surface area contributed by atoms with Crippen molar-refractivity contribution in [2.45, 2.75) is 51.9 Å². The minimum absolute atomic E-state index is 0.0731. The maximum absolute atomic E-state index is 12.1. The van der Waals surface area contributed by atoms with Crippen molar-refractivity contribution < 1.29 is 4.79 Å². The van der Waals surface area contributed by atoms with Crippen LogP contribution >= 0.6 is 0 Å². The number of rotatable bonds is 4. The zero-order valence-corrected chi connectivity index (χ0v) is 12.6. The quantitative estimate of drug-likeness (QED) is 0.878. The van der Waals surface area contributed by atoms with E-state index in [1.54, 1.807) is 0 Å². The van der Waals surface area contributed by atoms with Gasteiger partial charge in [-0.25, -0.2) is 0 Å². The second kappa shape index (κ2) is 5.94. The molecule has 4 heteroatoms. The van der Waals surface area contributed by atoms with E-state index in [0.29, 0.717) is 13.0 Å². The predicted octanol–water partition coefficient (Wildman–Crippen LogP) is 1.63. The number of nitrogens with zero attached hydrogens (tertiary/aromatic N) is 1. The highest BCUT2D eigenvalue weighted by Crippen LogP contribution is 2.24. The molecule has 0 aliphatic carbocycles. The van der Waals surface area contributed by atoms with E-state index in [-0.39, 0.29) is 17.5 Å². The van der Waals surface area contributed by atoms with Gasteiger partial charge in [0.15, 0.2) is 0 Å². The van der Waals surface area contributed by atoms with Crippen molar-refractivity contribution in [3.8, 4) is 0 Å². The normalized spacial score (nSPS) is 16.8. The maximum Gasteiger partial charge on any atom is 0.222 e. The molecule has 0 radical (unpaired) electrons. The molecule has 1 aliphatic heterocycles. The summed E-state index contributed by atoms with van der Waals surface area (Å²) in [6, 6.07) is 8.53. The topological polar surface area (TPSA) is 58.4 Å². The highest BCUT2D eigenvalue weighted by molar-refractivity contribution is 5.77. The van der Waals surface area contributed by atoms with Gasteiger partial charge >= 0.3 is 0 Å². The van der Waals surface area contributed by atoms with E-state index >= 15 is 0 Å². The molecule has 1 aromatic rings. The Morgan fingerprint density at radius 1 is 1.30 bits per heavy atom. The highest BCUT2D eigenvalue weighted by Gasteiger charge is 2.27. The van der Waals surface area contributed by atoms with Gasteiger partial charge < -0.3 is 11.1 Å². The summed E-state index contributed by atoms with van der Waals surface area (Å²) in [5.74, 6) is 0.0731. The van der Waals surface area contributed by atoms with Gasteiger partial charge in [0.25, 0.3) is 0 Å². The van der Waals surface area contributed by atoms with E-state index in [0.717, 1.165) is 13.1 Å². The first-order valence-electron chi connectivity index (χ1n) is 7.21. The first-order chi connectivity index (χ1) is 9.39. The van der Waals surface area contributed by atoms with E-state index in [1.165, 1.54) is 11.1 Å². The van der Waals surface area contributed by atoms with E-state index in [2.05, 4.69) is 34.5 Å². The Morgan fingerprint density at radius 2 is 1.85 bits per heavy atom. The fraction of sp³-hybridized carbons (Fsp3) is 0.562. The van der Waals surface area contributed by atoms with Crippen molar-refractivity contribution in [2.24, 2.45) is 5.73 Å². The lowest BCUT2D eigenvalue weighted by Crippen LogP contribution is -2.46. The van der Waals surface area contributed by atoms with Crippen LogP contribution in [0.4, 0.5) is 0 Å². The van der Waals surface area contributed by atoms with E-state index < -0.39 is 0 Å². The van der Waals surface area contributed by atoms with Crippen LogP contribution < -0.4 is 11.1 Å². The van der Waals surface area contributed by atoms with Gasteiger partial charge in [-0.1, -0.05) is 24.3 Å². The summed E-state index contributed by atoms with van der Waals surface area (Å²) in [4.78, 5) is 14.4. The molecule has 3 N–H and O–H groups in total. The summed E-state index contributed by atoms with van der Waals surface area (Å²) in [6.07, 6.45) is 0.460. The molecule has 1 aliphatic rings. The lowest BCUT2D eigenvalue weighted by Gasteiger charge is -2.28. The van der Waals surface area contributed by atoms with Gasteiger partial charge in [-0.3, -0.25) is 9.69 Å². The number of fused-ring (bicyclic) bond motifs is 1. The number of nitrogens with two attached hydrogens (primary N) is 1. The molecule has 2 rings (SSSR count). The smallest absolute Gasteiger partial charge is 0.222 e.